The topological polar surface area (TPSA) is 17.1 Å². The molecular formula is C8H5BrOS2. The highest BCUT2D eigenvalue weighted by Gasteiger charge is 2.11. The van der Waals surface area contributed by atoms with Crippen LogP contribution in [0.3, 0.4) is 0 Å². The van der Waals surface area contributed by atoms with Crippen LogP contribution in [0, 0.1) is 6.92 Å². The largest absolute Gasteiger partial charge is 0.297 e. The molecular weight excluding hydrogens is 256 g/mol. The van der Waals surface area contributed by atoms with E-state index in [4.69, 9.17) is 0 Å². The first-order valence-electron chi connectivity index (χ1n) is 3.35. The summed E-state index contributed by atoms with van der Waals surface area (Å²) in [5.41, 5.74) is 1.11. The minimum atomic E-state index is 0.845. The van der Waals surface area contributed by atoms with E-state index < -0.39 is 0 Å². The molecule has 0 N–H and O–H groups in total. The maximum absolute atomic E-state index is 10.6. The van der Waals surface area contributed by atoms with Crippen molar-refractivity contribution in [2.24, 2.45) is 0 Å². The summed E-state index contributed by atoms with van der Waals surface area (Å²) in [5.74, 6) is 0. The van der Waals surface area contributed by atoms with E-state index in [1.54, 1.807) is 22.7 Å². The van der Waals surface area contributed by atoms with Gasteiger partial charge in [-0.05, 0) is 28.4 Å². The predicted octanol–water partition coefficient (Wildman–Crippen LogP) is 3.85. The van der Waals surface area contributed by atoms with E-state index >= 15 is 0 Å². The van der Waals surface area contributed by atoms with Crippen LogP contribution >= 0.6 is 38.6 Å². The number of rotatable bonds is 1. The van der Waals surface area contributed by atoms with Crippen LogP contribution in [0.15, 0.2) is 9.85 Å². The molecule has 0 fully saturated rings. The first-order chi connectivity index (χ1) is 5.74. The molecule has 0 aliphatic rings. The second kappa shape index (κ2) is 2.94. The fourth-order valence-corrected chi connectivity index (χ4v) is 4.12. The molecule has 0 atom stereocenters. The Bertz CT molecular complexity index is 441. The second-order valence-electron chi connectivity index (χ2n) is 2.45. The van der Waals surface area contributed by atoms with Gasteiger partial charge < -0.3 is 0 Å². The smallest absolute Gasteiger partial charge is 0.160 e. The number of halogens is 1. The van der Waals surface area contributed by atoms with E-state index in [1.165, 1.54) is 9.40 Å². The van der Waals surface area contributed by atoms with Crippen LogP contribution in [0.4, 0.5) is 0 Å². The average Bonchev–Trinajstić information content (AvgIpc) is 2.55. The van der Waals surface area contributed by atoms with Gasteiger partial charge in [0.05, 0.1) is 9.58 Å². The van der Waals surface area contributed by atoms with E-state index in [0.717, 1.165) is 21.2 Å². The lowest BCUT2D eigenvalue weighted by Gasteiger charge is -1.82. The summed E-state index contributed by atoms with van der Waals surface area (Å²) in [4.78, 5) is 11.5. The number of carbonyl (C=O) groups is 1. The Kier molecular flexibility index (Phi) is 2.06. The molecule has 0 saturated heterocycles. The molecule has 2 heterocycles. The molecule has 2 aromatic heterocycles. The van der Waals surface area contributed by atoms with E-state index in [9.17, 15) is 4.79 Å². The molecule has 0 unspecified atom stereocenters. The zero-order valence-corrected chi connectivity index (χ0v) is 9.48. The first kappa shape index (κ1) is 8.41. The minimum absolute atomic E-state index is 0.845. The van der Waals surface area contributed by atoms with Crippen LogP contribution in [0.5, 0.6) is 0 Å². The molecule has 1 nitrogen and oxygen atoms in total. The SMILES string of the molecule is Cc1c(C=O)sc2c(Br)csc12. The van der Waals surface area contributed by atoms with E-state index in [0.29, 0.717) is 0 Å². The van der Waals surface area contributed by atoms with Gasteiger partial charge in [-0.15, -0.1) is 22.7 Å². The van der Waals surface area contributed by atoms with Crippen LogP contribution in [-0.4, -0.2) is 6.29 Å². The Morgan fingerprint density at radius 3 is 2.83 bits per heavy atom. The third kappa shape index (κ3) is 1.06. The van der Waals surface area contributed by atoms with Gasteiger partial charge in [0.1, 0.15) is 0 Å². The van der Waals surface area contributed by atoms with E-state index in [2.05, 4.69) is 21.3 Å². The van der Waals surface area contributed by atoms with Crippen LogP contribution in [0.25, 0.3) is 9.40 Å². The molecule has 0 aliphatic heterocycles. The summed E-state index contributed by atoms with van der Waals surface area (Å²) in [6.45, 7) is 1.99. The van der Waals surface area contributed by atoms with Gasteiger partial charge in [0, 0.05) is 14.6 Å². The molecule has 4 heteroatoms. The quantitative estimate of drug-likeness (QED) is 0.713. The zero-order chi connectivity index (χ0) is 8.72. The van der Waals surface area contributed by atoms with Gasteiger partial charge in [-0.1, -0.05) is 0 Å². The summed E-state index contributed by atoms with van der Waals surface area (Å²) in [6, 6.07) is 0. The Hall–Kier alpha value is -0.190. The Morgan fingerprint density at radius 2 is 2.25 bits per heavy atom. The lowest BCUT2D eigenvalue weighted by molar-refractivity contribution is 0.112. The lowest BCUT2D eigenvalue weighted by atomic mass is 10.3. The Morgan fingerprint density at radius 1 is 1.50 bits per heavy atom. The number of fused-ring (bicyclic) bond motifs is 1. The van der Waals surface area contributed by atoms with Crippen molar-refractivity contribution < 1.29 is 4.79 Å². The maximum atomic E-state index is 10.6. The molecule has 0 aromatic carbocycles. The molecule has 12 heavy (non-hydrogen) atoms. The molecule has 62 valence electrons. The third-order valence-corrected chi connectivity index (χ3v) is 5.40. The third-order valence-electron chi connectivity index (χ3n) is 1.73. The van der Waals surface area contributed by atoms with Gasteiger partial charge >= 0.3 is 0 Å². The van der Waals surface area contributed by atoms with Gasteiger partial charge in [-0.3, -0.25) is 4.79 Å². The number of aldehydes is 1. The molecule has 0 saturated carbocycles. The molecule has 0 radical (unpaired) electrons. The molecule has 0 spiro atoms. The van der Waals surface area contributed by atoms with Crippen molar-refractivity contribution >= 4 is 54.3 Å². The standard InChI is InChI=1S/C8H5BrOS2/c1-4-6(2-10)12-8-5(9)3-11-7(4)8/h2-3H,1H3. The van der Waals surface area contributed by atoms with Crippen molar-refractivity contribution in [3.05, 3.63) is 20.3 Å². The molecule has 0 bridgehead atoms. The van der Waals surface area contributed by atoms with E-state index in [-0.39, 0.29) is 0 Å². The van der Waals surface area contributed by atoms with Crippen molar-refractivity contribution in [1.82, 2.24) is 0 Å². The Balaban J connectivity index is 2.87. The summed E-state index contributed by atoms with van der Waals surface area (Å²) in [5, 5.41) is 2.06. The monoisotopic (exact) mass is 260 g/mol. The van der Waals surface area contributed by atoms with Crippen molar-refractivity contribution in [1.29, 1.82) is 0 Å². The normalized spacial score (nSPS) is 10.8. The number of hydrogen-bond donors (Lipinski definition) is 0. The van der Waals surface area contributed by atoms with E-state index in [1.807, 2.05) is 6.92 Å². The highest BCUT2D eigenvalue weighted by Crippen LogP contribution is 2.39. The molecule has 2 rings (SSSR count). The molecule has 0 aliphatic carbocycles. The minimum Gasteiger partial charge on any atom is -0.297 e. The number of hydrogen-bond acceptors (Lipinski definition) is 3. The summed E-state index contributed by atoms with van der Waals surface area (Å²) >= 11 is 6.68. The lowest BCUT2D eigenvalue weighted by Crippen LogP contribution is -1.73. The second-order valence-corrected chi connectivity index (χ2v) is 5.24. The van der Waals surface area contributed by atoms with Crippen molar-refractivity contribution in [3.63, 3.8) is 0 Å². The summed E-state index contributed by atoms with van der Waals surface area (Å²) < 4.78 is 3.53. The molecule has 0 amide bonds. The highest BCUT2D eigenvalue weighted by atomic mass is 79.9. The van der Waals surface area contributed by atoms with Gasteiger partial charge in [-0.25, -0.2) is 0 Å². The van der Waals surface area contributed by atoms with Crippen LogP contribution < -0.4 is 0 Å². The van der Waals surface area contributed by atoms with Crippen LogP contribution in [-0.2, 0) is 0 Å². The number of aryl methyl sites for hydroxylation is 1. The van der Waals surface area contributed by atoms with Crippen molar-refractivity contribution in [2.45, 2.75) is 6.92 Å². The fraction of sp³-hybridized carbons (Fsp3) is 0.125. The summed E-state index contributed by atoms with van der Waals surface area (Å²) in [7, 11) is 0. The van der Waals surface area contributed by atoms with Gasteiger partial charge in [0.25, 0.3) is 0 Å². The molecule has 2 aromatic rings. The highest BCUT2D eigenvalue weighted by molar-refractivity contribution is 9.10. The van der Waals surface area contributed by atoms with Gasteiger partial charge in [0.2, 0.25) is 0 Å². The zero-order valence-electron chi connectivity index (χ0n) is 6.26. The van der Waals surface area contributed by atoms with Gasteiger partial charge in [0.15, 0.2) is 6.29 Å². The van der Waals surface area contributed by atoms with Crippen LogP contribution in [0.2, 0.25) is 0 Å². The van der Waals surface area contributed by atoms with Crippen LogP contribution in [0.1, 0.15) is 15.2 Å². The fourth-order valence-electron chi connectivity index (χ4n) is 1.09. The number of thiophene rings is 2. The van der Waals surface area contributed by atoms with Gasteiger partial charge in [-0.2, -0.15) is 0 Å². The van der Waals surface area contributed by atoms with Crippen molar-refractivity contribution in [2.75, 3.05) is 0 Å². The summed E-state index contributed by atoms with van der Waals surface area (Å²) in [6.07, 6.45) is 0.930. The van der Waals surface area contributed by atoms with Crippen molar-refractivity contribution in [3.8, 4) is 0 Å². The maximum Gasteiger partial charge on any atom is 0.160 e. The first-order valence-corrected chi connectivity index (χ1v) is 5.84. The predicted molar refractivity (Wildman–Crippen MR) is 57.5 cm³/mol. The average molecular weight is 261 g/mol. The Labute approximate surface area is 86.2 Å². The number of carbonyl (C=O) groups excluding carboxylic acids is 1.